The lowest BCUT2D eigenvalue weighted by molar-refractivity contribution is -0.116. The molecule has 0 fully saturated rings. The normalized spacial score (nSPS) is 16.8. The fraction of sp³-hybridized carbons (Fsp3) is 0.235. The molecule has 24 heavy (non-hydrogen) atoms. The van der Waals surface area contributed by atoms with Crippen molar-refractivity contribution in [3.8, 4) is 0 Å². The van der Waals surface area contributed by atoms with Crippen LogP contribution in [0.5, 0.6) is 0 Å². The van der Waals surface area contributed by atoms with Crippen LogP contribution in [0.1, 0.15) is 0 Å². The van der Waals surface area contributed by atoms with E-state index >= 15 is 0 Å². The molecule has 1 N–H and O–H groups in total. The van der Waals surface area contributed by atoms with Gasteiger partial charge >= 0.3 is 0 Å². The van der Waals surface area contributed by atoms with Crippen LogP contribution in [-0.4, -0.2) is 33.8 Å². The number of benzene rings is 1. The summed E-state index contributed by atoms with van der Waals surface area (Å²) in [6.45, 7) is 5.69. The van der Waals surface area contributed by atoms with Crippen molar-refractivity contribution < 1.29 is 4.79 Å². The molecule has 1 amide bonds. The zero-order valence-corrected chi connectivity index (χ0v) is 13.9. The van der Waals surface area contributed by atoms with Crippen molar-refractivity contribution in [3.05, 3.63) is 48.6 Å². The molecule has 6 nitrogen and oxygen atoms in total. The lowest BCUT2D eigenvalue weighted by atomic mass is 10.1. The highest BCUT2D eigenvalue weighted by Crippen LogP contribution is 2.33. The van der Waals surface area contributed by atoms with E-state index in [2.05, 4.69) is 45.1 Å². The highest BCUT2D eigenvalue weighted by atomic mass is 32.1. The molecule has 3 aromatic rings. The minimum absolute atomic E-state index is 0.142. The molecular formula is C17H17N5OS. The second kappa shape index (κ2) is 6.09. The number of hydrogen-bond acceptors (Lipinski definition) is 5. The van der Waals surface area contributed by atoms with Crippen molar-refractivity contribution in [2.75, 3.05) is 18.0 Å². The first-order chi connectivity index (χ1) is 11.7. The molecule has 0 saturated heterocycles. The Morgan fingerprint density at radius 3 is 3.21 bits per heavy atom. The largest absolute Gasteiger partial charge is 0.352 e. The maximum Gasteiger partial charge on any atom is 0.243 e. The van der Waals surface area contributed by atoms with Gasteiger partial charge in [0.25, 0.3) is 0 Å². The molecular weight excluding hydrogens is 322 g/mol. The number of carbonyl (C=O) groups excluding carboxylic acids is 1. The summed E-state index contributed by atoms with van der Waals surface area (Å²) in [6, 6.07) is 8.34. The van der Waals surface area contributed by atoms with E-state index in [4.69, 9.17) is 0 Å². The van der Waals surface area contributed by atoms with Crippen molar-refractivity contribution in [1.82, 2.24) is 20.1 Å². The molecule has 7 heteroatoms. The minimum atomic E-state index is -0.142. The van der Waals surface area contributed by atoms with Gasteiger partial charge in [0.15, 0.2) is 0 Å². The number of thiazole rings is 1. The van der Waals surface area contributed by atoms with Crippen LogP contribution >= 0.6 is 11.3 Å². The summed E-state index contributed by atoms with van der Waals surface area (Å²) in [5, 5.41) is 7.30. The summed E-state index contributed by atoms with van der Waals surface area (Å²) in [4.78, 5) is 18.1. The number of hydrogen-bond donors (Lipinski definition) is 1. The van der Waals surface area contributed by atoms with E-state index in [1.54, 1.807) is 11.3 Å². The Kier molecular flexibility index (Phi) is 3.78. The molecule has 0 unspecified atom stereocenters. The zero-order chi connectivity index (χ0) is 16.5. The van der Waals surface area contributed by atoms with Gasteiger partial charge in [-0.1, -0.05) is 6.58 Å². The standard InChI is InChI=1S/C17H17N5OS/c1-2-16(23)18-8-12-9-21(17-5-6-20-22(17)10-12)13-3-4-15-14(7-13)19-11-24-15/h2-7,11-12H,1,8-10H2,(H,18,23)/t12-/m1/s1. The second-order valence-electron chi connectivity index (χ2n) is 5.80. The molecule has 4 rings (SSSR count). The number of nitrogens with zero attached hydrogens (tertiary/aromatic N) is 4. The van der Waals surface area contributed by atoms with Crippen molar-refractivity contribution in [1.29, 1.82) is 0 Å². The number of rotatable bonds is 4. The first-order valence-corrected chi connectivity index (χ1v) is 8.65. The number of nitrogens with one attached hydrogen (secondary N) is 1. The van der Waals surface area contributed by atoms with Gasteiger partial charge in [-0.15, -0.1) is 11.3 Å². The number of carbonyl (C=O) groups is 1. The molecule has 0 bridgehead atoms. The molecule has 1 atom stereocenters. The molecule has 3 heterocycles. The number of anilines is 2. The number of aromatic nitrogens is 3. The summed E-state index contributed by atoms with van der Waals surface area (Å²) >= 11 is 1.64. The summed E-state index contributed by atoms with van der Waals surface area (Å²) in [6.07, 6.45) is 3.12. The maximum absolute atomic E-state index is 11.4. The summed E-state index contributed by atoms with van der Waals surface area (Å²) in [5.74, 6) is 1.19. The Morgan fingerprint density at radius 2 is 2.33 bits per heavy atom. The fourth-order valence-corrected chi connectivity index (χ4v) is 3.71. The lowest BCUT2D eigenvalue weighted by Crippen LogP contribution is -2.41. The van der Waals surface area contributed by atoms with Gasteiger partial charge in [0, 0.05) is 37.3 Å². The third-order valence-corrected chi connectivity index (χ3v) is 5.03. The lowest BCUT2D eigenvalue weighted by Gasteiger charge is -2.34. The average molecular weight is 339 g/mol. The highest BCUT2D eigenvalue weighted by molar-refractivity contribution is 7.16. The molecule has 1 aliphatic heterocycles. The van der Waals surface area contributed by atoms with Crippen molar-refractivity contribution >= 4 is 39.0 Å². The van der Waals surface area contributed by atoms with Gasteiger partial charge in [-0.05, 0) is 24.3 Å². The zero-order valence-electron chi connectivity index (χ0n) is 13.1. The SMILES string of the molecule is C=CC(=O)NC[C@@H]1CN(c2ccc3scnc3c2)c2ccnn2C1. The monoisotopic (exact) mass is 339 g/mol. The molecule has 0 radical (unpaired) electrons. The van der Waals surface area contributed by atoms with Crippen LogP contribution in [-0.2, 0) is 11.3 Å². The molecule has 0 spiro atoms. The van der Waals surface area contributed by atoms with Gasteiger partial charge in [0.05, 0.1) is 21.9 Å². The van der Waals surface area contributed by atoms with Gasteiger partial charge in [-0.3, -0.25) is 4.79 Å². The van der Waals surface area contributed by atoms with Crippen LogP contribution in [0.4, 0.5) is 11.5 Å². The quantitative estimate of drug-likeness (QED) is 0.742. The van der Waals surface area contributed by atoms with Gasteiger partial charge in [0.1, 0.15) is 5.82 Å². The van der Waals surface area contributed by atoms with Gasteiger partial charge < -0.3 is 10.2 Å². The first-order valence-electron chi connectivity index (χ1n) is 7.77. The van der Waals surface area contributed by atoms with Crippen LogP contribution in [0.25, 0.3) is 10.2 Å². The van der Waals surface area contributed by atoms with E-state index in [9.17, 15) is 4.79 Å². The Labute approximate surface area is 143 Å². The van der Waals surface area contributed by atoms with E-state index in [1.165, 1.54) is 10.8 Å². The molecule has 2 aromatic heterocycles. The number of fused-ring (bicyclic) bond motifs is 2. The fourth-order valence-electron chi connectivity index (χ4n) is 3.05. The molecule has 1 aliphatic rings. The van der Waals surface area contributed by atoms with Gasteiger partial charge in [-0.25, -0.2) is 9.67 Å². The van der Waals surface area contributed by atoms with E-state index in [1.807, 2.05) is 22.5 Å². The molecule has 122 valence electrons. The highest BCUT2D eigenvalue weighted by Gasteiger charge is 2.26. The molecule has 0 aliphatic carbocycles. The van der Waals surface area contributed by atoms with Crippen molar-refractivity contribution in [2.24, 2.45) is 5.92 Å². The Bertz CT molecular complexity index is 899. The van der Waals surface area contributed by atoms with E-state index < -0.39 is 0 Å². The third-order valence-electron chi connectivity index (χ3n) is 4.22. The Morgan fingerprint density at radius 1 is 1.42 bits per heavy atom. The molecule has 0 saturated carbocycles. The minimum Gasteiger partial charge on any atom is -0.352 e. The second-order valence-corrected chi connectivity index (χ2v) is 6.69. The summed E-state index contributed by atoms with van der Waals surface area (Å²) in [7, 11) is 0. The maximum atomic E-state index is 11.4. The Hall–Kier alpha value is -2.67. The smallest absolute Gasteiger partial charge is 0.243 e. The van der Waals surface area contributed by atoms with Crippen molar-refractivity contribution in [2.45, 2.75) is 6.54 Å². The van der Waals surface area contributed by atoms with Crippen LogP contribution in [0.3, 0.4) is 0 Å². The predicted octanol–water partition coefficient (Wildman–Crippen LogP) is 2.56. The van der Waals surface area contributed by atoms with Crippen LogP contribution in [0.15, 0.2) is 48.6 Å². The molecule has 1 aromatic carbocycles. The van der Waals surface area contributed by atoms with Gasteiger partial charge in [0.2, 0.25) is 5.91 Å². The topological polar surface area (TPSA) is 63.1 Å². The third kappa shape index (κ3) is 2.67. The van der Waals surface area contributed by atoms with Crippen molar-refractivity contribution in [3.63, 3.8) is 0 Å². The summed E-state index contributed by atoms with van der Waals surface area (Å²) < 4.78 is 3.17. The van der Waals surface area contributed by atoms with Gasteiger partial charge in [-0.2, -0.15) is 5.10 Å². The van der Waals surface area contributed by atoms with Crippen LogP contribution < -0.4 is 10.2 Å². The van der Waals surface area contributed by atoms with Crippen LogP contribution in [0, 0.1) is 5.92 Å². The Balaban J connectivity index is 1.63. The van der Waals surface area contributed by atoms with E-state index in [0.29, 0.717) is 6.54 Å². The number of amides is 1. The van der Waals surface area contributed by atoms with E-state index in [-0.39, 0.29) is 11.8 Å². The average Bonchev–Trinajstić information content (AvgIpc) is 3.26. The van der Waals surface area contributed by atoms with Crippen LogP contribution in [0.2, 0.25) is 0 Å². The predicted molar refractivity (Wildman–Crippen MR) is 95.5 cm³/mol. The van der Waals surface area contributed by atoms with E-state index in [0.717, 1.165) is 30.1 Å². The summed E-state index contributed by atoms with van der Waals surface area (Å²) in [5.41, 5.74) is 3.96. The first kappa shape index (κ1) is 14.9.